The molecule has 0 aliphatic carbocycles. The van der Waals surface area contributed by atoms with Gasteiger partial charge in [0, 0.05) is 12.1 Å². The average Bonchev–Trinajstić information content (AvgIpc) is 2.40. The van der Waals surface area contributed by atoms with Crippen LogP contribution in [0.4, 0.5) is 8.78 Å². The quantitative estimate of drug-likeness (QED) is 0.899. The molecule has 0 heterocycles. The smallest absolute Gasteiger partial charge is 0.166 e. The standard InChI is InChI=1S/C15H15F2NO/c1-10(18-2)11-6-7-15(14(17)8-11)19-13-5-3-4-12(16)9-13/h3-10,18H,1-2H3. The Morgan fingerprint density at radius 1 is 1.11 bits per heavy atom. The molecule has 2 aromatic rings. The lowest BCUT2D eigenvalue weighted by Gasteiger charge is -2.12. The molecule has 19 heavy (non-hydrogen) atoms. The second-order valence-corrected chi connectivity index (χ2v) is 4.26. The van der Waals surface area contributed by atoms with Crippen molar-refractivity contribution in [3.8, 4) is 11.5 Å². The van der Waals surface area contributed by atoms with E-state index in [0.717, 1.165) is 5.56 Å². The minimum absolute atomic E-state index is 0.0534. The zero-order valence-electron chi connectivity index (χ0n) is 10.8. The normalized spacial score (nSPS) is 12.2. The summed E-state index contributed by atoms with van der Waals surface area (Å²) in [7, 11) is 1.81. The topological polar surface area (TPSA) is 21.3 Å². The van der Waals surface area contributed by atoms with Gasteiger partial charge in [0.05, 0.1) is 0 Å². The van der Waals surface area contributed by atoms with E-state index in [1.54, 1.807) is 25.2 Å². The molecule has 0 spiro atoms. The largest absolute Gasteiger partial charge is 0.454 e. The number of ether oxygens (including phenoxy) is 1. The summed E-state index contributed by atoms with van der Waals surface area (Å²) in [5.74, 6) is -0.534. The van der Waals surface area contributed by atoms with Crippen molar-refractivity contribution in [1.29, 1.82) is 0 Å². The molecule has 0 saturated carbocycles. The molecule has 2 nitrogen and oxygen atoms in total. The first-order valence-corrected chi connectivity index (χ1v) is 6.00. The fraction of sp³-hybridized carbons (Fsp3) is 0.200. The van der Waals surface area contributed by atoms with Crippen LogP contribution in [0, 0.1) is 11.6 Å². The fourth-order valence-corrected chi connectivity index (χ4v) is 1.69. The van der Waals surface area contributed by atoms with Gasteiger partial charge in [0.15, 0.2) is 11.6 Å². The highest BCUT2D eigenvalue weighted by molar-refractivity contribution is 5.35. The Hall–Kier alpha value is -1.94. The lowest BCUT2D eigenvalue weighted by atomic mass is 10.1. The first-order chi connectivity index (χ1) is 9.10. The third kappa shape index (κ3) is 3.29. The summed E-state index contributed by atoms with van der Waals surface area (Å²) in [6.07, 6.45) is 0. The Balaban J connectivity index is 2.22. The van der Waals surface area contributed by atoms with E-state index >= 15 is 0 Å². The molecule has 0 aliphatic heterocycles. The van der Waals surface area contributed by atoms with Crippen LogP contribution in [0.2, 0.25) is 0 Å². The van der Waals surface area contributed by atoms with E-state index in [1.165, 1.54) is 24.3 Å². The zero-order chi connectivity index (χ0) is 13.8. The predicted octanol–water partition coefficient (Wildman–Crippen LogP) is 4.04. The summed E-state index contributed by atoms with van der Waals surface area (Å²) in [6.45, 7) is 1.93. The summed E-state index contributed by atoms with van der Waals surface area (Å²) in [5, 5.41) is 3.03. The van der Waals surface area contributed by atoms with Gasteiger partial charge in [-0.25, -0.2) is 8.78 Å². The SMILES string of the molecule is CNC(C)c1ccc(Oc2cccc(F)c2)c(F)c1. The van der Waals surface area contributed by atoms with Crippen molar-refractivity contribution < 1.29 is 13.5 Å². The van der Waals surface area contributed by atoms with E-state index < -0.39 is 11.6 Å². The van der Waals surface area contributed by atoms with Crippen molar-refractivity contribution in [2.75, 3.05) is 7.05 Å². The Bertz CT molecular complexity index is 572. The Morgan fingerprint density at radius 2 is 1.89 bits per heavy atom. The van der Waals surface area contributed by atoms with Crippen molar-refractivity contribution in [1.82, 2.24) is 5.32 Å². The Morgan fingerprint density at radius 3 is 2.53 bits per heavy atom. The number of halogens is 2. The van der Waals surface area contributed by atoms with Crippen LogP contribution in [-0.2, 0) is 0 Å². The van der Waals surface area contributed by atoms with E-state index in [9.17, 15) is 8.78 Å². The van der Waals surface area contributed by atoms with Crippen LogP contribution in [-0.4, -0.2) is 7.05 Å². The molecular formula is C15H15F2NO. The van der Waals surface area contributed by atoms with Crippen LogP contribution in [0.25, 0.3) is 0 Å². The van der Waals surface area contributed by atoms with Crippen molar-refractivity contribution in [3.63, 3.8) is 0 Å². The van der Waals surface area contributed by atoms with Gasteiger partial charge in [-0.2, -0.15) is 0 Å². The lowest BCUT2D eigenvalue weighted by Crippen LogP contribution is -2.12. The molecular weight excluding hydrogens is 248 g/mol. The Labute approximate surface area is 111 Å². The highest BCUT2D eigenvalue weighted by Gasteiger charge is 2.09. The van der Waals surface area contributed by atoms with Gasteiger partial charge in [-0.3, -0.25) is 0 Å². The summed E-state index contributed by atoms with van der Waals surface area (Å²) >= 11 is 0. The molecule has 1 atom stereocenters. The number of hydrogen-bond donors (Lipinski definition) is 1. The average molecular weight is 263 g/mol. The maximum atomic E-state index is 13.9. The van der Waals surface area contributed by atoms with Crippen LogP contribution in [0.15, 0.2) is 42.5 Å². The lowest BCUT2D eigenvalue weighted by molar-refractivity contribution is 0.437. The summed E-state index contributed by atoms with van der Waals surface area (Å²) in [5.41, 5.74) is 0.826. The fourth-order valence-electron chi connectivity index (χ4n) is 1.69. The van der Waals surface area contributed by atoms with Crippen LogP contribution in [0.1, 0.15) is 18.5 Å². The van der Waals surface area contributed by atoms with E-state index in [-0.39, 0.29) is 17.5 Å². The van der Waals surface area contributed by atoms with Crippen LogP contribution in [0.3, 0.4) is 0 Å². The van der Waals surface area contributed by atoms with Crippen molar-refractivity contribution >= 4 is 0 Å². The molecule has 0 fully saturated rings. The minimum Gasteiger partial charge on any atom is -0.454 e. The minimum atomic E-state index is -0.469. The van der Waals surface area contributed by atoms with E-state index in [2.05, 4.69) is 5.32 Å². The first kappa shape index (κ1) is 13.5. The highest BCUT2D eigenvalue weighted by atomic mass is 19.1. The molecule has 1 N–H and O–H groups in total. The van der Waals surface area contributed by atoms with Crippen LogP contribution in [0.5, 0.6) is 11.5 Å². The monoisotopic (exact) mass is 263 g/mol. The van der Waals surface area contributed by atoms with E-state index in [1.807, 2.05) is 6.92 Å². The second kappa shape index (κ2) is 5.80. The van der Waals surface area contributed by atoms with E-state index in [4.69, 9.17) is 4.74 Å². The van der Waals surface area contributed by atoms with Crippen LogP contribution >= 0.6 is 0 Å². The predicted molar refractivity (Wildman–Crippen MR) is 70.3 cm³/mol. The van der Waals surface area contributed by atoms with Gasteiger partial charge in [-0.05, 0) is 43.8 Å². The molecule has 100 valence electrons. The van der Waals surface area contributed by atoms with Gasteiger partial charge in [0.2, 0.25) is 0 Å². The molecule has 0 aromatic heterocycles. The maximum absolute atomic E-state index is 13.9. The summed E-state index contributed by atoms with van der Waals surface area (Å²) in [4.78, 5) is 0. The van der Waals surface area contributed by atoms with Crippen molar-refractivity contribution in [2.24, 2.45) is 0 Å². The number of rotatable bonds is 4. The molecule has 4 heteroatoms. The molecule has 0 bridgehead atoms. The second-order valence-electron chi connectivity index (χ2n) is 4.26. The Kier molecular flexibility index (Phi) is 4.12. The molecule has 2 rings (SSSR count). The molecule has 0 amide bonds. The number of hydrogen-bond acceptors (Lipinski definition) is 2. The van der Waals surface area contributed by atoms with E-state index in [0.29, 0.717) is 0 Å². The third-order valence-corrected chi connectivity index (χ3v) is 2.91. The molecule has 1 unspecified atom stereocenters. The molecule has 0 aliphatic rings. The van der Waals surface area contributed by atoms with Crippen molar-refractivity contribution in [2.45, 2.75) is 13.0 Å². The molecule has 0 radical (unpaired) electrons. The summed E-state index contributed by atoms with van der Waals surface area (Å²) in [6, 6.07) is 10.4. The van der Waals surface area contributed by atoms with Gasteiger partial charge in [-0.15, -0.1) is 0 Å². The maximum Gasteiger partial charge on any atom is 0.166 e. The van der Waals surface area contributed by atoms with Gasteiger partial charge >= 0.3 is 0 Å². The molecule has 2 aromatic carbocycles. The number of nitrogens with one attached hydrogen (secondary N) is 1. The summed E-state index contributed by atoms with van der Waals surface area (Å²) < 4.78 is 32.2. The molecule has 0 saturated heterocycles. The van der Waals surface area contributed by atoms with Gasteiger partial charge in [0.25, 0.3) is 0 Å². The number of benzene rings is 2. The highest BCUT2D eigenvalue weighted by Crippen LogP contribution is 2.27. The van der Waals surface area contributed by atoms with Crippen LogP contribution < -0.4 is 10.1 Å². The third-order valence-electron chi connectivity index (χ3n) is 2.91. The van der Waals surface area contributed by atoms with Crippen molar-refractivity contribution in [3.05, 3.63) is 59.7 Å². The van der Waals surface area contributed by atoms with Gasteiger partial charge in [-0.1, -0.05) is 12.1 Å². The van der Waals surface area contributed by atoms with Gasteiger partial charge < -0.3 is 10.1 Å². The first-order valence-electron chi connectivity index (χ1n) is 6.00. The van der Waals surface area contributed by atoms with Gasteiger partial charge in [0.1, 0.15) is 11.6 Å². The zero-order valence-corrected chi connectivity index (χ0v) is 10.8.